The molecule has 5 aromatic rings. The van der Waals surface area contributed by atoms with Gasteiger partial charge in [0.15, 0.2) is 0 Å². The summed E-state index contributed by atoms with van der Waals surface area (Å²) in [6.45, 7) is 0. The van der Waals surface area contributed by atoms with Crippen molar-refractivity contribution in [2.45, 2.75) is 0 Å². The molecule has 6 nitrogen and oxygen atoms in total. The van der Waals surface area contributed by atoms with E-state index >= 15 is 0 Å². The largest absolute Gasteiger partial charge is 0.439 e. The minimum Gasteiger partial charge on any atom is -0.439 e. The van der Waals surface area contributed by atoms with Gasteiger partial charge in [-0.25, -0.2) is 4.98 Å². The summed E-state index contributed by atoms with van der Waals surface area (Å²) in [6, 6.07) is 21.5. The zero-order valence-electron chi connectivity index (χ0n) is 13.6. The first kappa shape index (κ1) is 14.5. The number of hydrogen-bond acceptors (Lipinski definition) is 5. The molecule has 0 saturated carbocycles. The molecule has 0 spiro atoms. The molecule has 0 aliphatic rings. The van der Waals surface area contributed by atoms with Gasteiger partial charge in [0.1, 0.15) is 12.1 Å². The Bertz CT molecular complexity index is 1220. The third-order valence-corrected chi connectivity index (χ3v) is 4.09. The number of pyridine rings is 1. The van der Waals surface area contributed by atoms with Gasteiger partial charge in [-0.15, -0.1) is 0 Å². The van der Waals surface area contributed by atoms with Crippen LogP contribution in [0, 0.1) is 0 Å². The molecule has 26 heavy (non-hydrogen) atoms. The highest BCUT2D eigenvalue weighted by Crippen LogP contribution is 2.28. The zero-order valence-corrected chi connectivity index (χ0v) is 13.6. The van der Waals surface area contributed by atoms with Crippen LogP contribution in [0.15, 0.2) is 79.3 Å². The molecule has 0 saturated heterocycles. The molecule has 0 N–H and O–H groups in total. The fraction of sp³-hybridized carbons (Fsp3) is 0. The monoisotopic (exact) mass is 339 g/mol. The van der Waals surface area contributed by atoms with Crippen LogP contribution < -0.4 is 4.74 Å². The molecule has 3 aromatic heterocycles. The predicted octanol–water partition coefficient (Wildman–Crippen LogP) is 4.13. The Labute approximate surface area is 148 Å². The van der Waals surface area contributed by atoms with E-state index in [1.807, 2.05) is 66.7 Å². The maximum Gasteiger partial charge on any atom is 0.255 e. The van der Waals surface area contributed by atoms with E-state index in [1.165, 1.54) is 6.33 Å². The van der Waals surface area contributed by atoms with Crippen LogP contribution in [-0.2, 0) is 0 Å². The number of ether oxygens (including phenoxy) is 1. The first-order valence-electron chi connectivity index (χ1n) is 8.16. The summed E-state index contributed by atoms with van der Waals surface area (Å²) in [5.74, 6) is 1.74. The lowest BCUT2D eigenvalue weighted by molar-refractivity contribution is 0.447. The zero-order chi connectivity index (χ0) is 17.3. The smallest absolute Gasteiger partial charge is 0.255 e. The normalized spacial score (nSPS) is 11.1. The maximum atomic E-state index is 6.11. The molecule has 0 aliphatic heterocycles. The van der Waals surface area contributed by atoms with E-state index in [0.29, 0.717) is 17.4 Å². The molecule has 0 aliphatic carbocycles. The van der Waals surface area contributed by atoms with Crippen molar-refractivity contribution in [1.82, 2.24) is 24.6 Å². The summed E-state index contributed by atoms with van der Waals surface area (Å²) in [4.78, 5) is 13.1. The quantitative estimate of drug-likeness (QED) is 0.494. The van der Waals surface area contributed by atoms with Crippen molar-refractivity contribution in [3.8, 4) is 22.9 Å². The SMILES string of the molecule is c1ccc(-c2cc(Oc3ccc4ncccc4c3)n3ncnc3n2)cc1. The van der Waals surface area contributed by atoms with Crippen LogP contribution in [-0.4, -0.2) is 24.6 Å². The first-order chi connectivity index (χ1) is 12.9. The van der Waals surface area contributed by atoms with Gasteiger partial charge in [0.05, 0.1) is 11.2 Å². The second-order valence-corrected chi connectivity index (χ2v) is 5.78. The Morgan fingerprint density at radius 3 is 2.69 bits per heavy atom. The van der Waals surface area contributed by atoms with Gasteiger partial charge in [0.2, 0.25) is 5.88 Å². The van der Waals surface area contributed by atoms with Crippen LogP contribution in [0.3, 0.4) is 0 Å². The van der Waals surface area contributed by atoms with Crippen molar-refractivity contribution in [1.29, 1.82) is 0 Å². The van der Waals surface area contributed by atoms with E-state index in [2.05, 4.69) is 20.1 Å². The van der Waals surface area contributed by atoms with Crippen molar-refractivity contribution in [3.63, 3.8) is 0 Å². The van der Waals surface area contributed by atoms with Crippen molar-refractivity contribution in [2.24, 2.45) is 0 Å². The fourth-order valence-electron chi connectivity index (χ4n) is 2.85. The van der Waals surface area contributed by atoms with Gasteiger partial charge in [-0.1, -0.05) is 36.4 Å². The van der Waals surface area contributed by atoms with Gasteiger partial charge in [-0.2, -0.15) is 14.6 Å². The summed E-state index contributed by atoms with van der Waals surface area (Å²) in [5.41, 5.74) is 2.69. The number of hydrogen-bond donors (Lipinski definition) is 0. The highest BCUT2D eigenvalue weighted by Gasteiger charge is 2.11. The molecule has 124 valence electrons. The van der Waals surface area contributed by atoms with Gasteiger partial charge in [-0.3, -0.25) is 4.98 Å². The van der Waals surface area contributed by atoms with Crippen LogP contribution in [0.2, 0.25) is 0 Å². The lowest BCUT2D eigenvalue weighted by Crippen LogP contribution is -1.99. The Kier molecular flexibility index (Phi) is 3.31. The lowest BCUT2D eigenvalue weighted by atomic mass is 10.1. The fourth-order valence-corrected chi connectivity index (χ4v) is 2.85. The van der Waals surface area contributed by atoms with Crippen LogP contribution in [0.1, 0.15) is 0 Å². The summed E-state index contributed by atoms with van der Waals surface area (Å²) in [7, 11) is 0. The molecule has 2 aromatic carbocycles. The number of nitrogens with zero attached hydrogens (tertiary/aromatic N) is 5. The number of aromatic nitrogens is 5. The van der Waals surface area contributed by atoms with Crippen molar-refractivity contribution < 1.29 is 4.74 Å². The van der Waals surface area contributed by atoms with Crippen LogP contribution in [0.5, 0.6) is 11.6 Å². The maximum absolute atomic E-state index is 6.11. The molecular formula is C20H13N5O. The molecular weight excluding hydrogens is 326 g/mol. The topological polar surface area (TPSA) is 65.2 Å². The molecule has 0 bridgehead atoms. The van der Waals surface area contributed by atoms with E-state index in [0.717, 1.165) is 22.2 Å². The summed E-state index contributed by atoms with van der Waals surface area (Å²) < 4.78 is 7.70. The molecule has 6 heteroatoms. The van der Waals surface area contributed by atoms with Crippen molar-refractivity contribution in [2.75, 3.05) is 0 Å². The third kappa shape index (κ3) is 2.53. The number of benzene rings is 2. The summed E-state index contributed by atoms with van der Waals surface area (Å²) >= 11 is 0. The Morgan fingerprint density at radius 2 is 1.77 bits per heavy atom. The molecule has 0 atom stereocenters. The first-order valence-corrected chi connectivity index (χ1v) is 8.16. The third-order valence-electron chi connectivity index (χ3n) is 4.09. The van der Waals surface area contributed by atoms with E-state index in [9.17, 15) is 0 Å². The Morgan fingerprint density at radius 1 is 0.846 bits per heavy atom. The van der Waals surface area contributed by atoms with Crippen molar-refractivity contribution in [3.05, 3.63) is 79.3 Å². The molecule has 3 heterocycles. The predicted molar refractivity (Wildman–Crippen MR) is 98.0 cm³/mol. The van der Waals surface area contributed by atoms with E-state index in [4.69, 9.17) is 4.74 Å². The molecule has 0 amide bonds. The minimum atomic E-state index is 0.490. The minimum absolute atomic E-state index is 0.490. The molecule has 0 fully saturated rings. The van der Waals surface area contributed by atoms with Gasteiger partial charge in [0.25, 0.3) is 5.78 Å². The summed E-state index contributed by atoms with van der Waals surface area (Å²) in [6.07, 6.45) is 3.24. The van der Waals surface area contributed by atoms with Gasteiger partial charge >= 0.3 is 0 Å². The second kappa shape index (κ2) is 5.93. The van der Waals surface area contributed by atoms with Gasteiger partial charge < -0.3 is 4.74 Å². The van der Waals surface area contributed by atoms with E-state index in [1.54, 1.807) is 10.7 Å². The second-order valence-electron chi connectivity index (χ2n) is 5.78. The van der Waals surface area contributed by atoms with Crippen LogP contribution in [0.4, 0.5) is 0 Å². The Hall–Kier alpha value is -3.80. The average molecular weight is 339 g/mol. The average Bonchev–Trinajstić information content (AvgIpc) is 3.18. The van der Waals surface area contributed by atoms with Crippen LogP contribution >= 0.6 is 0 Å². The molecule has 0 unspecified atom stereocenters. The summed E-state index contributed by atoms with van der Waals surface area (Å²) in [5, 5.41) is 5.23. The lowest BCUT2D eigenvalue weighted by Gasteiger charge is -2.09. The number of rotatable bonds is 3. The highest BCUT2D eigenvalue weighted by atomic mass is 16.5. The standard InChI is InChI=1S/C20H13N5O/c1-2-5-14(6-3-1)18-12-19(25-20(24-18)22-13-23-25)26-16-8-9-17-15(11-16)7-4-10-21-17/h1-13H. The van der Waals surface area contributed by atoms with Gasteiger partial charge in [0, 0.05) is 23.2 Å². The van der Waals surface area contributed by atoms with Crippen LogP contribution in [0.25, 0.3) is 27.9 Å². The van der Waals surface area contributed by atoms with E-state index < -0.39 is 0 Å². The van der Waals surface area contributed by atoms with Crippen molar-refractivity contribution >= 4 is 16.7 Å². The number of fused-ring (bicyclic) bond motifs is 2. The van der Waals surface area contributed by atoms with E-state index in [-0.39, 0.29) is 0 Å². The Balaban J connectivity index is 1.62. The van der Waals surface area contributed by atoms with Gasteiger partial charge in [-0.05, 0) is 24.3 Å². The molecule has 0 radical (unpaired) electrons. The molecule has 5 rings (SSSR count). The highest BCUT2D eigenvalue weighted by molar-refractivity contribution is 5.79.